The molecule has 1 aromatic heterocycles. The Balaban J connectivity index is 2.01. The summed E-state index contributed by atoms with van der Waals surface area (Å²) in [6.07, 6.45) is -1.20. The number of hydrogen-bond acceptors (Lipinski definition) is 7. The van der Waals surface area contributed by atoms with E-state index in [4.69, 9.17) is 14.4 Å². The summed E-state index contributed by atoms with van der Waals surface area (Å²) in [4.78, 5) is 33.5. The van der Waals surface area contributed by atoms with Crippen LogP contribution in [0.15, 0.2) is 40.8 Å². The van der Waals surface area contributed by atoms with Crippen LogP contribution in [0.4, 0.5) is 11.6 Å². The molecule has 122 valence electrons. The van der Waals surface area contributed by atoms with Gasteiger partial charge < -0.3 is 14.5 Å². The minimum Gasteiger partial charge on any atom is -0.447 e. The smallest absolute Gasteiger partial charge is 0.433 e. The summed E-state index contributed by atoms with van der Waals surface area (Å²) in [5.74, 6) is -2.67. The van der Waals surface area contributed by atoms with Crippen LogP contribution in [-0.2, 0) is 9.53 Å². The van der Waals surface area contributed by atoms with E-state index in [-0.39, 0.29) is 11.3 Å². The molecule has 2 rings (SSSR count). The molecule has 1 atom stereocenters. The van der Waals surface area contributed by atoms with Gasteiger partial charge >= 0.3 is 11.9 Å². The summed E-state index contributed by atoms with van der Waals surface area (Å²) >= 11 is 0. The molecular formula is C15H11N3O6. The number of hydrogen-bond donors (Lipinski definition) is 1. The van der Waals surface area contributed by atoms with Gasteiger partial charge in [-0.15, -0.1) is 0 Å². The first-order valence-corrected chi connectivity index (χ1v) is 6.67. The highest BCUT2D eigenvalue weighted by molar-refractivity contribution is 5.97. The third kappa shape index (κ3) is 3.75. The molecular weight excluding hydrogens is 318 g/mol. The van der Waals surface area contributed by atoms with Crippen molar-refractivity contribution in [2.24, 2.45) is 0 Å². The Morgan fingerprint density at radius 1 is 1.33 bits per heavy atom. The molecule has 0 aliphatic carbocycles. The summed E-state index contributed by atoms with van der Waals surface area (Å²) in [7, 11) is 0. The fourth-order valence-corrected chi connectivity index (χ4v) is 1.73. The van der Waals surface area contributed by atoms with Gasteiger partial charge in [0.1, 0.15) is 11.0 Å². The number of nitrogens with one attached hydrogen (secondary N) is 1. The fraction of sp³-hybridized carbons (Fsp3) is 0.133. The summed E-state index contributed by atoms with van der Waals surface area (Å²) in [5.41, 5.74) is 0.535. The third-order valence-corrected chi connectivity index (χ3v) is 2.93. The predicted molar refractivity (Wildman–Crippen MR) is 80.0 cm³/mol. The van der Waals surface area contributed by atoms with E-state index >= 15 is 0 Å². The monoisotopic (exact) mass is 329 g/mol. The normalized spacial score (nSPS) is 11.2. The summed E-state index contributed by atoms with van der Waals surface area (Å²) in [6.45, 7) is 1.32. The number of nitro groups is 1. The average molecular weight is 329 g/mol. The van der Waals surface area contributed by atoms with E-state index in [1.54, 1.807) is 12.1 Å². The first-order chi connectivity index (χ1) is 11.4. The third-order valence-electron chi connectivity index (χ3n) is 2.93. The number of para-hydroxylation sites is 1. The highest BCUT2D eigenvalue weighted by atomic mass is 16.7. The van der Waals surface area contributed by atoms with Gasteiger partial charge in [0.05, 0.1) is 17.3 Å². The number of benzene rings is 1. The van der Waals surface area contributed by atoms with Gasteiger partial charge in [0.2, 0.25) is 5.76 Å². The minimum atomic E-state index is -1.20. The van der Waals surface area contributed by atoms with Crippen molar-refractivity contribution in [1.82, 2.24) is 0 Å². The van der Waals surface area contributed by atoms with Crippen LogP contribution in [-0.4, -0.2) is 22.9 Å². The van der Waals surface area contributed by atoms with E-state index in [2.05, 4.69) is 5.32 Å². The van der Waals surface area contributed by atoms with Crippen molar-refractivity contribution in [2.45, 2.75) is 13.0 Å². The summed E-state index contributed by atoms with van der Waals surface area (Å²) < 4.78 is 9.58. The quantitative estimate of drug-likeness (QED) is 0.504. The molecule has 0 radical (unpaired) electrons. The Labute approximate surface area is 135 Å². The van der Waals surface area contributed by atoms with Crippen LogP contribution in [0.25, 0.3) is 0 Å². The van der Waals surface area contributed by atoms with Crippen LogP contribution in [0.1, 0.15) is 23.0 Å². The molecule has 1 heterocycles. The van der Waals surface area contributed by atoms with Gasteiger partial charge in [0.15, 0.2) is 6.10 Å². The van der Waals surface area contributed by atoms with E-state index in [9.17, 15) is 19.7 Å². The lowest BCUT2D eigenvalue weighted by Crippen LogP contribution is -2.30. The SMILES string of the molecule is C[C@H](OC(=O)c1ccc([N+](=O)[O-])o1)C(=O)Nc1ccccc1C#N. The lowest BCUT2D eigenvalue weighted by molar-refractivity contribution is -0.402. The van der Waals surface area contributed by atoms with E-state index < -0.39 is 34.5 Å². The van der Waals surface area contributed by atoms with Gasteiger partial charge in [-0.1, -0.05) is 12.1 Å². The maximum atomic E-state index is 12.0. The van der Waals surface area contributed by atoms with Crippen LogP contribution in [0.2, 0.25) is 0 Å². The van der Waals surface area contributed by atoms with Crippen molar-refractivity contribution >= 4 is 23.4 Å². The van der Waals surface area contributed by atoms with Crippen LogP contribution >= 0.6 is 0 Å². The van der Waals surface area contributed by atoms with Crippen LogP contribution in [0, 0.1) is 21.4 Å². The minimum absolute atomic E-state index is 0.256. The average Bonchev–Trinajstić information content (AvgIpc) is 3.05. The molecule has 0 bridgehead atoms. The molecule has 2 aromatic rings. The molecule has 0 aliphatic heterocycles. The van der Waals surface area contributed by atoms with Crippen LogP contribution in [0.5, 0.6) is 0 Å². The van der Waals surface area contributed by atoms with Crippen molar-refractivity contribution < 1.29 is 23.7 Å². The number of carbonyl (C=O) groups is 2. The number of nitriles is 1. The van der Waals surface area contributed by atoms with Crippen LogP contribution < -0.4 is 5.32 Å². The topological polar surface area (TPSA) is 135 Å². The fourth-order valence-electron chi connectivity index (χ4n) is 1.73. The molecule has 1 aromatic carbocycles. The number of anilines is 1. The standard InChI is InChI=1S/C15H11N3O6/c1-9(14(19)17-11-5-3-2-4-10(11)8-16)23-15(20)12-6-7-13(24-12)18(21)22/h2-7,9H,1H3,(H,17,19)/t9-/m0/s1. The second-order valence-electron chi connectivity index (χ2n) is 4.59. The van der Waals surface area contributed by atoms with E-state index in [0.29, 0.717) is 0 Å². The number of ether oxygens (including phenoxy) is 1. The lowest BCUT2D eigenvalue weighted by Gasteiger charge is -2.13. The maximum absolute atomic E-state index is 12.0. The number of nitrogens with zero attached hydrogens (tertiary/aromatic N) is 2. The zero-order valence-corrected chi connectivity index (χ0v) is 12.4. The van der Waals surface area contributed by atoms with Gasteiger partial charge in [-0.2, -0.15) is 5.26 Å². The number of esters is 1. The van der Waals surface area contributed by atoms with E-state index in [0.717, 1.165) is 12.1 Å². The molecule has 0 unspecified atom stereocenters. The molecule has 9 heteroatoms. The Morgan fingerprint density at radius 3 is 2.67 bits per heavy atom. The number of rotatable bonds is 5. The highest BCUT2D eigenvalue weighted by Crippen LogP contribution is 2.18. The molecule has 9 nitrogen and oxygen atoms in total. The van der Waals surface area contributed by atoms with Crippen molar-refractivity contribution in [1.29, 1.82) is 5.26 Å². The maximum Gasteiger partial charge on any atom is 0.433 e. The molecule has 24 heavy (non-hydrogen) atoms. The molecule has 1 amide bonds. The second-order valence-corrected chi connectivity index (χ2v) is 4.59. The number of carbonyl (C=O) groups excluding carboxylic acids is 2. The number of furan rings is 1. The van der Waals surface area contributed by atoms with Gasteiger partial charge in [-0.25, -0.2) is 4.79 Å². The largest absolute Gasteiger partial charge is 0.447 e. The summed E-state index contributed by atoms with van der Waals surface area (Å²) in [6, 6.07) is 10.3. The van der Waals surface area contributed by atoms with Gasteiger partial charge in [0, 0.05) is 0 Å². The van der Waals surface area contributed by atoms with E-state index in [1.165, 1.54) is 19.1 Å². The molecule has 0 saturated carbocycles. The van der Waals surface area contributed by atoms with Crippen molar-refractivity contribution in [2.75, 3.05) is 5.32 Å². The zero-order valence-electron chi connectivity index (χ0n) is 12.4. The Kier molecular flexibility index (Phi) is 4.91. The van der Waals surface area contributed by atoms with Crippen molar-refractivity contribution in [3.63, 3.8) is 0 Å². The Bertz CT molecular complexity index is 836. The van der Waals surface area contributed by atoms with Gasteiger partial charge in [-0.05, 0) is 25.1 Å². The van der Waals surface area contributed by atoms with E-state index in [1.807, 2.05) is 6.07 Å². The van der Waals surface area contributed by atoms with Crippen molar-refractivity contribution in [3.8, 4) is 6.07 Å². The molecule has 0 saturated heterocycles. The first kappa shape index (κ1) is 16.7. The molecule has 0 spiro atoms. The Hall–Kier alpha value is -3.67. The van der Waals surface area contributed by atoms with Crippen LogP contribution in [0.3, 0.4) is 0 Å². The second kappa shape index (κ2) is 7.06. The molecule has 0 aliphatic rings. The molecule has 0 fully saturated rings. The molecule has 1 N–H and O–H groups in total. The Morgan fingerprint density at radius 2 is 2.04 bits per heavy atom. The van der Waals surface area contributed by atoms with Gasteiger partial charge in [0.25, 0.3) is 5.91 Å². The summed E-state index contributed by atoms with van der Waals surface area (Å²) in [5, 5.41) is 21.9. The lowest BCUT2D eigenvalue weighted by atomic mass is 10.2. The van der Waals surface area contributed by atoms with Gasteiger partial charge in [-0.3, -0.25) is 14.9 Å². The number of amides is 1. The highest BCUT2D eigenvalue weighted by Gasteiger charge is 2.23. The predicted octanol–water partition coefficient (Wildman–Crippen LogP) is 2.24. The first-order valence-electron chi connectivity index (χ1n) is 6.67. The van der Waals surface area contributed by atoms with Crippen molar-refractivity contribution in [3.05, 3.63) is 57.8 Å². The zero-order chi connectivity index (χ0) is 17.7.